The number of hydrogen-bond acceptors (Lipinski definition) is 5. The van der Waals surface area contributed by atoms with Crippen LogP contribution in [0.2, 0.25) is 0 Å². The van der Waals surface area contributed by atoms with E-state index < -0.39 is 22.0 Å². The Labute approximate surface area is 125 Å². The summed E-state index contributed by atoms with van der Waals surface area (Å²) in [5.74, 6) is -0.0264. The van der Waals surface area contributed by atoms with Gasteiger partial charge in [-0.3, -0.25) is 4.79 Å². The number of sulfonamides is 1. The first-order valence-corrected chi connectivity index (χ1v) is 8.22. The molecule has 0 spiro atoms. The molecule has 0 aromatic heterocycles. The molecule has 6 nitrogen and oxygen atoms in total. The third kappa shape index (κ3) is 5.35. The van der Waals surface area contributed by atoms with Crippen LogP contribution in [0, 0.1) is 0 Å². The molecule has 0 saturated carbocycles. The van der Waals surface area contributed by atoms with E-state index in [1.54, 1.807) is 12.1 Å². The smallest absolute Gasteiger partial charge is 0.323 e. The summed E-state index contributed by atoms with van der Waals surface area (Å²) < 4.78 is 36.5. The van der Waals surface area contributed by atoms with E-state index in [1.165, 1.54) is 26.2 Å². The second kappa shape index (κ2) is 7.99. The highest BCUT2D eigenvalue weighted by atomic mass is 32.2. The molecule has 1 N–H and O–H groups in total. The third-order valence-corrected chi connectivity index (χ3v) is 4.35. The molecule has 1 aromatic rings. The standard InChI is InChI=1S/C14H21NO5S/c1-4-5-10-20-14(16)11(2)15-21(17,18)13-8-6-12(19-3)7-9-13/h6-9,11,15H,4-5,10H2,1-3H3/t11-/m0/s1. The van der Waals surface area contributed by atoms with Gasteiger partial charge in [-0.15, -0.1) is 0 Å². The zero-order valence-corrected chi connectivity index (χ0v) is 13.3. The average molecular weight is 315 g/mol. The Bertz CT molecular complexity index is 553. The topological polar surface area (TPSA) is 81.7 Å². The summed E-state index contributed by atoms with van der Waals surface area (Å²) >= 11 is 0. The Kier molecular flexibility index (Phi) is 6.64. The Hall–Kier alpha value is -1.60. The maximum Gasteiger partial charge on any atom is 0.323 e. The van der Waals surface area contributed by atoms with Gasteiger partial charge in [-0.05, 0) is 37.6 Å². The number of esters is 1. The highest BCUT2D eigenvalue weighted by Crippen LogP contribution is 2.15. The van der Waals surface area contributed by atoms with Gasteiger partial charge in [0.25, 0.3) is 0 Å². The number of benzene rings is 1. The molecule has 0 saturated heterocycles. The molecule has 0 unspecified atom stereocenters. The number of carbonyl (C=O) groups is 1. The van der Waals surface area contributed by atoms with Crippen LogP contribution in [0.15, 0.2) is 29.2 Å². The molecule has 118 valence electrons. The molecule has 0 aliphatic heterocycles. The second-order valence-electron chi connectivity index (χ2n) is 4.54. The van der Waals surface area contributed by atoms with Crippen LogP contribution < -0.4 is 9.46 Å². The number of hydrogen-bond donors (Lipinski definition) is 1. The molecule has 0 fully saturated rings. The quantitative estimate of drug-likeness (QED) is 0.583. The van der Waals surface area contributed by atoms with Gasteiger partial charge in [0, 0.05) is 0 Å². The first-order valence-electron chi connectivity index (χ1n) is 6.73. The summed E-state index contributed by atoms with van der Waals surface area (Å²) in [5.41, 5.74) is 0. The van der Waals surface area contributed by atoms with Crippen LogP contribution in [0.5, 0.6) is 5.75 Å². The summed E-state index contributed by atoms with van der Waals surface area (Å²) in [5, 5.41) is 0. The van der Waals surface area contributed by atoms with Crippen LogP contribution in [-0.2, 0) is 19.6 Å². The van der Waals surface area contributed by atoms with E-state index in [0.29, 0.717) is 12.4 Å². The molecular formula is C14H21NO5S. The van der Waals surface area contributed by atoms with Gasteiger partial charge in [0.2, 0.25) is 10.0 Å². The molecule has 0 amide bonds. The monoisotopic (exact) mass is 315 g/mol. The second-order valence-corrected chi connectivity index (χ2v) is 6.25. The van der Waals surface area contributed by atoms with Crippen molar-refractivity contribution < 1.29 is 22.7 Å². The Balaban J connectivity index is 2.68. The Morgan fingerprint density at radius 2 is 1.90 bits per heavy atom. The zero-order chi connectivity index (χ0) is 15.9. The van der Waals surface area contributed by atoms with Gasteiger partial charge in [-0.1, -0.05) is 13.3 Å². The van der Waals surface area contributed by atoms with Gasteiger partial charge < -0.3 is 9.47 Å². The minimum absolute atomic E-state index is 0.0662. The van der Waals surface area contributed by atoms with E-state index in [0.717, 1.165) is 12.8 Å². The minimum atomic E-state index is -3.77. The van der Waals surface area contributed by atoms with Gasteiger partial charge in [0.1, 0.15) is 11.8 Å². The van der Waals surface area contributed by atoms with Crippen molar-refractivity contribution in [3.05, 3.63) is 24.3 Å². The highest BCUT2D eigenvalue weighted by molar-refractivity contribution is 7.89. The predicted molar refractivity (Wildman–Crippen MR) is 78.6 cm³/mol. The predicted octanol–water partition coefficient (Wildman–Crippen LogP) is 1.71. The molecule has 21 heavy (non-hydrogen) atoms. The molecule has 0 radical (unpaired) electrons. The van der Waals surface area contributed by atoms with Crippen molar-refractivity contribution >= 4 is 16.0 Å². The van der Waals surface area contributed by atoms with E-state index in [4.69, 9.17) is 9.47 Å². The van der Waals surface area contributed by atoms with E-state index in [2.05, 4.69) is 4.72 Å². The summed E-state index contributed by atoms with van der Waals surface area (Å²) in [6.45, 7) is 3.73. The largest absolute Gasteiger partial charge is 0.497 e. The summed E-state index contributed by atoms with van der Waals surface area (Å²) in [6, 6.07) is 4.97. The van der Waals surface area contributed by atoms with Crippen LogP contribution in [-0.4, -0.2) is 34.1 Å². The lowest BCUT2D eigenvalue weighted by atomic mass is 10.3. The minimum Gasteiger partial charge on any atom is -0.497 e. The summed E-state index contributed by atoms with van der Waals surface area (Å²) in [7, 11) is -2.27. The van der Waals surface area contributed by atoms with Gasteiger partial charge in [0.05, 0.1) is 18.6 Å². The molecule has 0 heterocycles. The summed E-state index contributed by atoms with van der Waals surface area (Å²) in [4.78, 5) is 11.7. The van der Waals surface area contributed by atoms with E-state index in [9.17, 15) is 13.2 Å². The first-order chi connectivity index (χ1) is 9.90. The molecule has 1 atom stereocenters. The van der Waals surface area contributed by atoms with Crippen LogP contribution >= 0.6 is 0 Å². The van der Waals surface area contributed by atoms with Gasteiger partial charge in [-0.25, -0.2) is 8.42 Å². The van der Waals surface area contributed by atoms with Gasteiger partial charge in [0.15, 0.2) is 0 Å². The van der Waals surface area contributed by atoms with Crippen molar-refractivity contribution in [1.82, 2.24) is 4.72 Å². The number of ether oxygens (including phenoxy) is 2. The SMILES string of the molecule is CCCCOC(=O)[C@H](C)NS(=O)(=O)c1ccc(OC)cc1. The van der Waals surface area contributed by atoms with Crippen LogP contribution in [0.3, 0.4) is 0 Å². The lowest BCUT2D eigenvalue weighted by Gasteiger charge is -2.13. The molecule has 1 aromatic carbocycles. The normalized spacial score (nSPS) is 12.7. The molecule has 0 bridgehead atoms. The van der Waals surface area contributed by atoms with Crippen molar-refractivity contribution in [3.8, 4) is 5.75 Å². The number of methoxy groups -OCH3 is 1. The van der Waals surface area contributed by atoms with Gasteiger partial charge >= 0.3 is 5.97 Å². The maximum atomic E-state index is 12.1. The average Bonchev–Trinajstić information content (AvgIpc) is 2.47. The number of unbranched alkanes of at least 4 members (excludes halogenated alkanes) is 1. The van der Waals surface area contributed by atoms with Crippen LogP contribution in [0.25, 0.3) is 0 Å². The zero-order valence-electron chi connectivity index (χ0n) is 12.5. The number of rotatable bonds is 8. The molecule has 1 rings (SSSR count). The van der Waals surface area contributed by atoms with Gasteiger partial charge in [-0.2, -0.15) is 4.72 Å². The molecule has 0 aliphatic carbocycles. The molecule has 0 aliphatic rings. The van der Waals surface area contributed by atoms with E-state index in [-0.39, 0.29) is 4.90 Å². The van der Waals surface area contributed by atoms with Crippen molar-refractivity contribution in [3.63, 3.8) is 0 Å². The lowest BCUT2D eigenvalue weighted by Crippen LogP contribution is -2.39. The van der Waals surface area contributed by atoms with Crippen molar-refractivity contribution in [2.45, 2.75) is 37.6 Å². The number of nitrogens with one attached hydrogen (secondary N) is 1. The fourth-order valence-corrected chi connectivity index (χ4v) is 2.74. The first kappa shape index (κ1) is 17.5. The lowest BCUT2D eigenvalue weighted by molar-refractivity contribution is -0.145. The van der Waals surface area contributed by atoms with E-state index in [1.807, 2.05) is 6.92 Å². The number of carbonyl (C=O) groups excluding carboxylic acids is 1. The summed E-state index contributed by atoms with van der Waals surface area (Å²) in [6.07, 6.45) is 1.66. The maximum absolute atomic E-state index is 12.1. The fraction of sp³-hybridized carbons (Fsp3) is 0.500. The molecular weight excluding hydrogens is 294 g/mol. The third-order valence-electron chi connectivity index (χ3n) is 2.80. The Morgan fingerprint density at radius 1 is 1.29 bits per heavy atom. The molecule has 7 heteroatoms. The van der Waals surface area contributed by atoms with Crippen LogP contribution in [0.4, 0.5) is 0 Å². The van der Waals surface area contributed by atoms with Crippen molar-refractivity contribution in [2.75, 3.05) is 13.7 Å². The van der Waals surface area contributed by atoms with Crippen LogP contribution in [0.1, 0.15) is 26.7 Å². The van der Waals surface area contributed by atoms with Crippen molar-refractivity contribution in [2.24, 2.45) is 0 Å². The van der Waals surface area contributed by atoms with Crippen molar-refractivity contribution in [1.29, 1.82) is 0 Å². The van der Waals surface area contributed by atoms with E-state index >= 15 is 0 Å². The Morgan fingerprint density at radius 3 is 2.43 bits per heavy atom. The fourth-order valence-electron chi connectivity index (χ4n) is 1.55. The highest BCUT2D eigenvalue weighted by Gasteiger charge is 2.22.